The maximum atomic E-state index is 8.75. The molecule has 74 valence electrons. The van der Waals surface area contributed by atoms with E-state index >= 15 is 0 Å². The summed E-state index contributed by atoms with van der Waals surface area (Å²) in [4.78, 5) is 0. The van der Waals surface area contributed by atoms with E-state index in [9.17, 15) is 0 Å². The second-order valence-electron chi connectivity index (χ2n) is 3.00. The molecule has 4 nitrogen and oxygen atoms in total. The minimum Gasteiger partial charge on any atom is -0.462 e. The van der Waals surface area contributed by atoms with E-state index < -0.39 is 0 Å². The van der Waals surface area contributed by atoms with E-state index in [2.05, 4.69) is 0 Å². The van der Waals surface area contributed by atoms with E-state index in [0.717, 1.165) is 18.6 Å². The quantitative estimate of drug-likeness (QED) is 0.622. The Morgan fingerprint density at radius 1 is 1.46 bits per heavy atom. The lowest BCUT2D eigenvalue weighted by Crippen LogP contribution is -2.11. The lowest BCUT2D eigenvalue weighted by Gasteiger charge is -2.06. The summed E-state index contributed by atoms with van der Waals surface area (Å²) in [6, 6.07) is 3.42. The zero-order valence-electron chi connectivity index (χ0n) is 7.57. The molecule has 0 fully saturated rings. The topological polar surface area (TPSA) is 85.4 Å². The Labute approximate surface area is 77.5 Å². The van der Waals surface area contributed by atoms with Gasteiger partial charge in [0.15, 0.2) is 0 Å². The lowest BCUT2D eigenvalue weighted by molar-refractivity contribution is 0.241. The summed E-state index contributed by atoms with van der Waals surface area (Å²) in [6.45, 7) is 0.560. The third kappa shape index (κ3) is 2.84. The van der Waals surface area contributed by atoms with Gasteiger partial charge < -0.3 is 21.0 Å². The molecule has 0 radical (unpaired) electrons. The number of furan rings is 1. The summed E-state index contributed by atoms with van der Waals surface area (Å²) in [5.74, 6) is 1.27. The van der Waals surface area contributed by atoms with Crippen LogP contribution in [0, 0.1) is 0 Å². The third-order valence-electron chi connectivity index (χ3n) is 1.92. The summed E-state index contributed by atoms with van der Waals surface area (Å²) in [5.41, 5.74) is 11.2. The van der Waals surface area contributed by atoms with Crippen molar-refractivity contribution >= 4 is 0 Å². The van der Waals surface area contributed by atoms with Crippen molar-refractivity contribution in [3.8, 4) is 0 Å². The second kappa shape index (κ2) is 5.01. The Kier molecular flexibility index (Phi) is 3.95. The highest BCUT2D eigenvalue weighted by molar-refractivity contribution is 5.09. The number of aliphatic hydroxyl groups excluding tert-OH is 1. The van der Waals surface area contributed by atoms with Crippen LogP contribution in [0.3, 0.4) is 0 Å². The molecule has 0 bridgehead atoms. The van der Waals surface area contributed by atoms with Gasteiger partial charge in [0.2, 0.25) is 0 Å². The molecule has 13 heavy (non-hydrogen) atoms. The Morgan fingerprint density at radius 3 is 2.77 bits per heavy atom. The van der Waals surface area contributed by atoms with Gasteiger partial charge in [0, 0.05) is 0 Å². The van der Waals surface area contributed by atoms with Crippen molar-refractivity contribution in [2.24, 2.45) is 11.5 Å². The third-order valence-corrected chi connectivity index (χ3v) is 1.92. The number of nitrogens with two attached hydrogens (primary N) is 2. The highest BCUT2D eigenvalue weighted by Gasteiger charge is 2.09. The first-order valence-electron chi connectivity index (χ1n) is 4.43. The summed E-state index contributed by atoms with van der Waals surface area (Å²) >= 11 is 0. The predicted molar refractivity (Wildman–Crippen MR) is 49.8 cm³/mol. The van der Waals surface area contributed by atoms with Gasteiger partial charge in [-0.1, -0.05) is 0 Å². The first-order valence-corrected chi connectivity index (χ1v) is 4.43. The van der Waals surface area contributed by atoms with Crippen molar-refractivity contribution in [1.82, 2.24) is 0 Å². The molecule has 0 aliphatic rings. The van der Waals surface area contributed by atoms with Gasteiger partial charge in [-0.2, -0.15) is 0 Å². The molecule has 0 aliphatic heterocycles. The van der Waals surface area contributed by atoms with E-state index in [1.807, 2.05) is 0 Å². The van der Waals surface area contributed by atoms with Crippen LogP contribution in [-0.4, -0.2) is 11.7 Å². The van der Waals surface area contributed by atoms with Gasteiger partial charge in [0.1, 0.15) is 18.1 Å². The van der Waals surface area contributed by atoms with Gasteiger partial charge in [-0.25, -0.2) is 0 Å². The molecule has 1 rings (SSSR count). The molecule has 4 heteroatoms. The SMILES string of the molecule is NCCC[C@H](N)c1ccc(CO)o1. The highest BCUT2D eigenvalue weighted by atomic mass is 16.4. The molecular formula is C9H16N2O2. The van der Waals surface area contributed by atoms with Crippen molar-refractivity contribution < 1.29 is 9.52 Å². The zero-order valence-corrected chi connectivity index (χ0v) is 7.57. The van der Waals surface area contributed by atoms with Gasteiger partial charge in [0.25, 0.3) is 0 Å². The first kappa shape index (κ1) is 10.2. The molecule has 0 saturated heterocycles. The molecule has 1 heterocycles. The maximum Gasteiger partial charge on any atom is 0.129 e. The van der Waals surface area contributed by atoms with E-state index in [0.29, 0.717) is 12.3 Å². The van der Waals surface area contributed by atoms with E-state index in [1.165, 1.54) is 0 Å². The standard InChI is InChI=1S/C9H16N2O2/c10-5-1-2-8(11)9-4-3-7(6-12)13-9/h3-4,8,12H,1-2,5-6,10-11H2/t8-/m0/s1. The minimum absolute atomic E-state index is 0.0798. The fourth-order valence-corrected chi connectivity index (χ4v) is 1.16. The van der Waals surface area contributed by atoms with E-state index in [4.69, 9.17) is 21.0 Å². The fourth-order valence-electron chi connectivity index (χ4n) is 1.16. The fraction of sp³-hybridized carbons (Fsp3) is 0.556. The van der Waals surface area contributed by atoms with Crippen molar-refractivity contribution in [2.45, 2.75) is 25.5 Å². The van der Waals surface area contributed by atoms with Gasteiger partial charge in [-0.05, 0) is 31.5 Å². The van der Waals surface area contributed by atoms with Crippen LogP contribution in [0.5, 0.6) is 0 Å². The molecule has 1 aromatic heterocycles. The molecular weight excluding hydrogens is 168 g/mol. The van der Waals surface area contributed by atoms with Crippen LogP contribution in [-0.2, 0) is 6.61 Å². The van der Waals surface area contributed by atoms with Gasteiger partial charge >= 0.3 is 0 Å². The van der Waals surface area contributed by atoms with Crippen molar-refractivity contribution in [1.29, 1.82) is 0 Å². The number of hydrogen-bond donors (Lipinski definition) is 3. The maximum absolute atomic E-state index is 8.75. The number of rotatable bonds is 5. The van der Waals surface area contributed by atoms with Crippen LogP contribution in [0.15, 0.2) is 16.5 Å². The molecule has 0 aromatic carbocycles. The monoisotopic (exact) mass is 184 g/mol. The average Bonchev–Trinajstić information content (AvgIpc) is 2.62. The summed E-state index contributed by atoms with van der Waals surface area (Å²) < 4.78 is 5.28. The molecule has 1 aromatic rings. The van der Waals surface area contributed by atoms with Crippen molar-refractivity contribution in [3.05, 3.63) is 23.7 Å². The smallest absolute Gasteiger partial charge is 0.129 e. The van der Waals surface area contributed by atoms with Crippen LogP contribution in [0.25, 0.3) is 0 Å². The summed E-state index contributed by atoms with van der Waals surface area (Å²) in [7, 11) is 0. The average molecular weight is 184 g/mol. The van der Waals surface area contributed by atoms with E-state index in [1.54, 1.807) is 12.1 Å². The Morgan fingerprint density at radius 2 is 2.23 bits per heavy atom. The summed E-state index contributed by atoms with van der Waals surface area (Å²) in [6.07, 6.45) is 1.70. The molecule has 0 amide bonds. The van der Waals surface area contributed by atoms with Crippen LogP contribution < -0.4 is 11.5 Å². The highest BCUT2D eigenvalue weighted by Crippen LogP contribution is 2.18. The largest absolute Gasteiger partial charge is 0.462 e. The molecule has 0 spiro atoms. The Bertz CT molecular complexity index is 248. The van der Waals surface area contributed by atoms with Crippen LogP contribution in [0.2, 0.25) is 0 Å². The normalized spacial score (nSPS) is 13.2. The van der Waals surface area contributed by atoms with Crippen molar-refractivity contribution in [3.63, 3.8) is 0 Å². The Balaban J connectivity index is 2.50. The van der Waals surface area contributed by atoms with E-state index in [-0.39, 0.29) is 12.6 Å². The molecule has 0 saturated carbocycles. The number of aliphatic hydroxyl groups is 1. The minimum atomic E-state index is -0.108. The molecule has 5 N–H and O–H groups in total. The van der Waals surface area contributed by atoms with Gasteiger partial charge in [-0.15, -0.1) is 0 Å². The molecule has 0 unspecified atom stereocenters. The molecule has 1 atom stereocenters. The predicted octanol–water partition coefficient (Wildman–Crippen LogP) is 0.511. The lowest BCUT2D eigenvalue weighted by atomic mass is 10.1. The van der Waals surface area contributed by atoms with Crippen LogP contribution in [0.4, 0.5) is 0 Å². The van der Waals surface area contributed by atoms with Gasteiger partial charge in [-0.3, -0.25) is 0 Å². The van der Waals surface area contributed by atoms with Crippen LogP contribution in [0.1, 0.15) is 30.4 Å². The Hall–Kier alpha value is -0.840. The van der Waals surface area contributed by atoms with Crippen molar-refractivity contribution in [2.75, 3.05) is 6.54 Å². The van der Waals surface area contributed by atoms with Crippen LogP contribution >= 0.6 is 0 Å². The summed E-state index contributed by atoms with van der Waals surface area (Å²) in [5, 5.41) is 8.75. The number of hydrogen-bond acceptors (Lipinski definition) is 4. The van der Waals surface area contributed by atoms with Gasteiger partial charge in [0.05, 0.1) is 6.04 Å². The zero-order chi connectivity index (χ0) is 9.68. The first-order chi connectivity index (χ1) is 6.27. The second-order valence-corrected chi connectivity index (χ2v) is 3.00. The molecule has 0 aliphatic carbocycles.